The van der Waals surface area contributed by atoms with Crippen LogP contribution in [0.25, 0.3) is 0 Å². The molecule has 27 heavy (non-hydrogen) atoms. The van der Waals surface area contributed by atoms with Crippen molar-refractivity contribution >= 4 is 29.2 Å². The Labute approximate surface area is 167 Å². The van der Waals surface area contributed by atoms with E-state index < -0.39 is 6.61 Å². The normalized spacial score (nSPS) is 26.5. The second-order valence-electron chi connectivity index (χ2n) is 7.37. The Morgan fingerprint density at radius 3 is 2.81 bits per heavy atom. The Hall–Kier alpha value is -1.31. The van der Waals surface area contributed by atoms with Crippen LogP contribution in [0.15, 0.2) is 17.1 Å². The van der Waals surface area contributed by atoms with Gasteiger partial charge in [0.25, 0.3) is 0 Å². The summed E-state index contributed by atoms with van der Waals surface area (Å²) >= 11 is 12.0. The van der Waals surface area contributed by atoms with Crippen molar-refractivity contribution in [2.45, 2.75) is 45.6 Å². The number of aliphatic imine (C=N–C) groups is 1. The van der Waals surface area contributed by atoms with Gasteiger partial charge in [-0.15, -0.1) is 0 Å². The molecule has 3 atom stereocenters. The molecule has 5 nitrogen and oxygen atoms in total. The number of halogens is 4. The summed E-state index contributed by atoms with van der Waals surface area (Å²) in [5, 5.41) is 6.93. The fraction of sp³-hybridized carbons (Fsp3) is 0.611. The number of rotatable bonds is 5. The summed E-state index contributed by atoms with van der Waals surface area (Å²) in [7, 11) is 1.66. The highest BCUT2D eigenvalue weighted by molar-refractivity contribution is 6.35. The van der Waals surface area contributed by atoms with Gasteiger partial charge in [-0.25, -0.2) is 0 Å². The molecule has 0 amide bonds. The molecule has 1 aromatic rings. The second kappa shape index (κ2) is 7.97. The van der Waals surface area contributed by atoms with Gasteiger partial charge in [0.15, 0.2) is 5.96 Å². The van der Waals surface area contributed by atoms with Crippen molar-refractivity contribution in [3.63, 3.8) is 0 Å². The number of benzene rings is 1. The molecule has 0 radical (unpaired) electrons. The van der Waals surface area contributed by atoms with Crippen molar-refractivity contribution in [1.29, 1.82) is 0 Å². The van der Waals surface area contributed by atoms with Gasteiger partial charge in [-0.1, -0.05) is 37.0 Å². The zero-order valence-electron chi connectivity index (χ0n) is 15.4. The van der Waals surface area contributed by atoms with Crippen LogP contribution in [0.1, 0.15) is 25.8 Å². The Bertz CT molecular complexity index is 731. The molecule has 150 valence electrons. The predicted molar refractivity (Wildman–Crippen MR) is 102 cm³/mol. The van der Waals surface area contributed by atoms with Crippen LogP contribution in [-0.2, 0) is 11.3 Å². The highest BCUT2D eigenvalue weighted by Gasteiger charge is 2.59. The molecular weight excluding hydrogens is 399 g/mol. The first-order valence-corrected chi connectivity index (χ1v) is 9.51. The van der Waals surface area contributed by atoms with Crippen LogP contribution < -0.4 is 15.4 Å². The fourth-order valence-electron chi connectivity index (χ4n) is 4.10. The zero-order valence-corrected chi connectivity index (χ0v) is 16.9. The van der Waals surface area contributed by atoms with Crippen LogP contribution in [0.3, 0.4) is 0 Å². The Balaban J connectivity index is 1.68. The molecule has 2 fully saturated rings. The molecular formula is C18H23Cl2F2N3O2. The number of nitrogens with zero attached hydrogens (tertiary/aromatic N) is 1. The summed E-state index contributed by atoms with van der Waals surface area (Å²) in [5.41, 5.74) is 0.410. The summed E-state index contributed by atoms with van der Waals surface area (Å²) in [6.07, 6.45) is 1.27. The molecule has 1 heterocycles. The number of fused-ring (bicyclic) bond motifs is 1. The summed E-state index contributed by atoms with van der Waals surface area (Å²) in [6.45, 7) is 2.30. The van der Waals surface area contributed by atoms with Gasteiger partial charge in [-0.05, 0) is 18.6 Å². The molecule has 0 spiro atoms. The summed E-state index contributed by atoms with van der Waals surface area (Å²) in [5.74, 6) is 0.918. The molecule has 1 aliphatic heterocycles. The van der Waals surface area contributed by atoms with Crippen molar-refractivity contribution in [2.75, 3.05) is 13.7 Å². The monoisotopic (exact) mass is 421 g/mol. The van der Waals surface area contributed by atoms with Crippen LogP contribution in [-0.4, -0.2) is 38.4 Å². The first kappa shape index (κ1) is 20.4. The van der Waals surface area contributed by atoms with Gasteiger partial charge in [-0.3, -0.25) is 4.99 Å². The molecule has 9 heteroatoms. The third-order valence-corrected chi connectivity index (χ3v) is 5.85. The molecule has 3 rings (SSSR count). The molecule has 1 aromatic carbocycles. The van der Waals surface area contributed by atoms with Gasteiger partial charge in [0.1, 0.15) is 5.75 Å². The molecule has 0 aromatic heterocycles. The third-order valence-electron chi connectivity index (χ3n) is 5.35. The van der Waals surface area contributed by atoms with E-state index >= 15 is 0 Å². The minimum atomic E-state index is -2.98. The standard InChI is InChI=1S/C18H23Cl2F2N3O2/c1-18(2)14(11-4-5-26-15(11)18)25-17(23-3)24-8-9-6-10(19)7-12(20)13(9)27-16(21)22/h6-7,11,14-16H,4-5,8H2,1-3H3,(H2,23,24,25). The zero-order chi connectivity index (χ0) is 19.8. The lowest BCUT2D eigenvalue weighted by Crippen LogP contribution is -2.67. The molecule has 1 aliphatic carbocycles. The van der Waals surface area contributed by atoms with E-state index in [9.17, 15) is 8.78 Å². The SMILES string of the molecule is CN=C(NCc1cc(Cl)cc(Cl)c1OC(F)F)NC1C2CCOC2C1(C)C. The molecule has 2 N–H and O–H groups in total. The van der Waals surface area contributed by atoms with Crippen LogP contribution >= 0.6 is 23.2 Å². The van der Waals surface area contributed by atoms with Gasteiger partial charge in [0, 0.05) is 48.2 Å². The van der Waals surface area contributed by atoms with Crippen molar-refractivity contribution in [1.82, 2.24) is 10.6 Å². The van der Waals surface area contributed by atoms with E-state index in [1.54, 1.807) is 13.1 Å². The molecule has 2 aliphatic rings. The molecule has 3 unspecified atom stereocenters. The van der Waals surface area contributed by atoms with E-state index in [0.717, 1.165) is 13.0 Å². The van der Waals surface area contributed by atoms with Gasteiger partial charge in [0.05, 0.1) is 11.1 Å². The number of guanidine groups is 1. The Kier molecular flexibility index (Phi) is 6.03. The molecule has 1 saturated carbocycles. The van der Waals surface area contributed by atoms with Gasteiger partial charge < -0.3 is 20.1 Å². The number of nitrogens with one attached hydrogen (secondary N) is 2. The van der Waals surface area contributed by atoms with Crippen molar-refractivity contribution in [3.8, 4) is 5.75 Å². The Morgan fingerprint density at radius 2 is 2.15 bits per heavy atom. The maximum Gasteiger partial charge on any atom is 0.387 e. The Morgan fingerprint density at radius 1 is 1.41 bits per heavy atom. The fourth-order valence-corrected chi connectivity index (χ4v) is 4.68. The van der Waals surface area contributed by atoms with Crippen molar-refractivity contribution in [3.05, 3.63) is 27.7 Å². The van der Waals surface area contributed by atoms with Crippen molar-refractivity contribution < 1.29 is 18.3 Å². The number of ether oxygens (including phenoxy) is 2. The third kappa shape index (κ3) is 4.10. The number of hydrogen-bond acceptors (Lipinski definition) is 3. The van der Waals surface area contributed by atoms with E-state index in [-0.39, 0.29) is 34.9 Å². The number of alkyl halides is 2. The van der Waals surface area contributed by atoms with Crippen LogP contribution in [0.5, 0.6) is 5.75 Å². The highest BCUT2D eigenvalue weighted by atomic mass is 35.5. The highest BCUT2D eigenvalue weighted by Crippen LogP contribution is 2.52. The van der Waals surface area contributed by atoms with Gasteiger partial charge in [-0.2, -0.15) is 8.78 Å². The smallest absolute Gasteiger partial charge is 0.387 e. The van der Waals surface area contributed by atoms with Gasteiger partial charge >= 0.3 is 6.61 Å². The largest absolute Gasteiger partial charge is 0.433 e. The quantitative estimate of drug-likeness (QED) is 0.555. The van der Waals surface area contributed by atoms with E-state index in [1.165, 1.54) is 6.07 Å². The van der Waals surface area contributed by atoms with Crippen LogP contribution in [0.4, 0.5) is 8.78 Å². The first-order chi connectivity index (χ1) is 12.7. The minimum absolute atomic E-state index is 0.0118. The predicted octanol–water partition coefficient (Wildman–Crippen LogP) is 4.07. The average Bonchev–Trinajstić information content (AvgIpc) is 3.04. The van der Waals surface area contributed by atoms with E-state index in [1.807, 2.05) is 0 Å². The number of hydrogen-bond donors (Lipinski definition) is 2. The minimum Gasteiger partial charge on any atom is -0.433 e. The lowest BCUT2D eigenvalue weighted by atomic mass is 9.57. The van der Waals surface area contributed by atoms with Crippen LogP contribution in [0, 0.1) is 11.3 Å². The summed E-state index contributed by atoms with van der Waals surface area (Å²) < 4.78 is 35.8. The first-order valence-electron chi connectivity index (χ1n) is 8.75. The second-order valence-corrected chi connectivity index (χ2v) is 8.21. The summed E-state index contributed by atoms with van der Waals surface area (Å²) in [4.78, 5) is 4.24. The van der Waals surface area contributed by atoms with E-state index in [2.05, 4.69) is 34.2 Å². The topological polar surface area (TPSA) is 54.9 Å². The lowest BCUT2D eigenvalue weighted by molar-refractivity contribution is -0.106. The lowest BCUT2D eigenvalue weighted by Gasteiger charge is -2.54. The summed E-state index contributed by atoms with van der Waals surface area (Å²) in [6, 6.07) is 3.13. The van der Waals surface area contributed by atoms with Crippen LogP contribution in [0.2, 0.25) is 10.0 Å². The maximum atomic E-state index is 12.7. The van der Waals surface area contributed by atoms with E-state index in [0.29, 0.717) is 22.5 Å². The maximum absolute atomic E-state index is 12.7. The van der Waals surface area contributed by atoms with Gasteiger partial charge in [0.2, 0.25) is 0 Å². The molecule has 0 bridgehead atoms. The van der Waals surface area contributed by atoms with Crippen molar-refractivity contribution in [2.24, 2.45) is 16.3 Å². The molecule has 1 saturated heterocycles. The average molecular weight is 422 g/mol. The van der Waals surface area contributed by atoms with E-state index in [4.69, 9.17) is 27.9 Å².